The zero-order valence-electron chi connectivity index (χ0n) is 14.0. The molecule has 1 amide bonds. The Morgan fingerprint density at radius 3 is 2.88 bits per heavy atom. The van der Waals surface area contributed by atoms with Crippen LogP contribution in [0.15, 0.2) is 11.4 Å². The van der Waals surface area contributed by atoms with Gasteiger partial charge in [0.2, 0.25) is 5.91 Å². The van der Waals surface area contributed by atoms with E-state index in [2.05, 4.69) is 25.2 Å². The average Bonchev–Trinajstić information content (AvgIpc) is 2.91. The van der Waals surface area contributed by atoms with Crippen molar-refractivity contribution in [2.24, 2.45) is 5.73 Å². The number of hydrogen-bond donors (Lipinski definition) is 2. The third-order valence-corrected chi connectivity index (χ3v) is 4.87. The topological polar surface area (TPSA) is 97.0 Å². The van der Waals surface area contributed by atoms with E-state index >= 15 is 0 Å². The molecule has 0 aromatic carbocycles. The highest BCUT2D eigenvalue weighted by Gasteiger charge is 2.27. The van der Waals surface area contributed by atoms with Crippen molar-refractivity contribution in [2.75, 3.05) is 18.4 Å². The minimum absolute atomic E-state index is 0.0322. The van der Waals surface area contributed by atoms with E-state index in [9.17, 15) is 4.79 Å². The first-order valence-electron chi connectivity index (χ1n) is 8.08. The Bertz CT molecular complexity index is 731. The van der Waals surface area contributed by atoms with E-state index in [0.29, 0.717) is 0 Å². The van der Waals surface area contributed by atoms with Gasteiger partial charge in [0, 0.05) is 17.1 Å². The highest BCUT2D eigenvalue weighted by Crippen LogP contribution is 2.30. The van der Waals surface area contributed by atoms with E-state index in [1.54, 1.807) is 11.3 Å². The number of carbonyl (C=O) groups excluding carboxylic acids is 1. The molecule has 1 fully saturated rings. The van der Waals surface area contributed by atoms with Crippen LogP contribution in [0.4, 0.5) is 10.9 Å². The summed E-state index contributed by atoms with van der Waals surface area (Å²) in [5, 5.41) is 6.05. The Labute approximate surface area is 145 Å². The van der Waals surface area contributed by atoms with Crippen molar-refractivity contribution >= 4 is 28.2 Å². The number of nitrogens with zero attached hydrogens (tertiary/aromatic N) is 4. The van der Waals surface area contributed by atoms with E-state index in [-0.39, 0.29) is 18.5 Å². The third-order valence-electron chi connectivity index (χ3n) is 4.00. The van der Waals surface area contributed by atoms with Crippen LogP contribution in [0.5, 0.6) is 0 Å². The third kappa shape index (κ3) is 4.07. The van der Waals surface area contributed by atoms with Crippen molar-refractivity contribution < 1.29 is 4.79 Å². The molecule has 128 valence electrons. The number of nitrogens with one attached hydrogen (secondary N) is 1. The lowest BCUT2D eigenvalue weighted by atomic mass is 10.0. The minimum atomic E-state index is -0.314. The summed E-state index contributed by atoms with van der Waals surface area (Å²) in [5.74, 6) is 1.16. The summed E-state index contributed by atoms with van der Waals surface area (Å²) < 4.78 is 0. The second-order valence-corrected chi connectivity index (χ2v) is 6.98. The number of primary amides is 1. The lowest BCUT2D eigenvalue weighted by molar-refractivity contribution is -0.120. The van der Waals surface area contributed by atoms with Gasteiger partial charge in [-0.05, 0) is 33.2 Å². The molecular weight excluding hydrogens is 324 g/mol. The molecule has 1 unspecified atom stereocenters. The van der Waals surface area contributed by atoms with Crippen LogP contribution in [0, 0.1) is 13.8 Å². The molecule has 0 aliphatic carbocycles. The summed E-state index contributed by atoms with van der Waals surface area (Å²) >= 11 is 1.55. The van der Waals surface area contributed by atoms with Gasteiger partial charge in [-0.25, -0.2) is 15.0 Å². The fourth-order valence-corrected chi connectivity index (χ4v) is 3.69. The van der Waals surface area contributed by atoms with Gasteiger partial charge in [0.1, 0.15) is 11.6 Å². The number of amides is 1. The maximum atomic E-state index is 11.3. The second kappa shape index (κ2) is 7.23. The van der Waals surface area contributed by atoms with E-state index < -0.39 is 0 Å². The molecule has 0 bridgehead atoms. The number of piperidine rings is 1. The molecule has 2 aromatic heterocycles. The standard InChI is InChI=1S/C16H22N6OS/c1-10-7-14(21-16-19-11(2)9-24-16)20-15(18-10)12-5-3-4-6-22(12)8-13(17)23/h7,9,12H,3-6,8H2,1-2H3,(H2,17,23)(H,18,19,20,21). The van der Waals surface area contributed by atoms with Gasteiger partial charge in [0.05, 0.1) is 18.3 Å². The molecule has 1 saturated heterocycles. The smallest absolute Gasteiger partial charge is 0.231 e. The molecule has 3 N–H and O–H groups in total. The van der Waals surface area contributed by atoms with Gasteiger partial charge in [-0.3, -0.25) is 9.69 Å². The van der Waals surface area contributed by atoms with Crippen LogP contribution in [0.3, 0.4) is 0 Å². The van der Waals surface area contributed by atoms with Crippen LogP contribution in [0.25, 0.3) is 0 Å². The average molecular weight is 346 g/mol. The summed E-state index contributed by atoms with van der Waals surface area (Å²) in [4.78, 5) is 27.1. The number of carbonyl (C=O) groups is 1. The fourth-order valence-electron chi connectivity index (χ4n) is 3.00. The van der Waals surface area contributed by atoms with E-state index in [1.807, 2.05) is 25.3 Å². The lowest BCUT2D eigenvalue weighted by Gasteiger charge is -2.33. The monoisotopic (exact) mass is 346 g/mol. The number of nitrogens with two attached hydrogens (primary N) is 1. The molecule has 2 aromatic rings. The summed E-state index contributed by atoms with van der Waals surface area (Å²) in [5.41, 5.74) is 7.26. The van der Waals surface area contributed by atoms with Crippen LogP contribution in [-0.4, -0.2) is 38.8 Å². The highest BCUT2D eigenvalue weighted by atomic mass is 32.1. The van der Waals surface area contributed by atoms with Gasteiger partial charge in [-0.15, -0.1) is 11.3 Å². The van der Waals surface area contributed by atoms with E-state index in [0.717, 1.165) is 54.0 Å². The van der Waals surface area contributed by atoms with E-state index in [4.69, 9.17) is 5.73 Å². The number of likely N-dealkylation sites (tertiary alicyclic amines) is 1. The largest absolute Gasteiger partial charge is 0.369 e. The Balaban J connectivity index is 1.85. The molecule has 1 aliphatic rings. The summed E-state index contributed by atoms with van der Waals surface area (Å²) in [6.07, 6.45) is 3.11. The van der Waals surface area contributed by atoms with Crippen LogP contribution in [-0.2, 0) is 4.79 Å². The first-order valence-corrected chi connectivity index (χ1v) is 8.96. The van der Waals surface area contributed by atoms with Crippen molar-refractivity contribution in [3.63, 3.8) is 0 Å². The van der Waals surface area contributed by atoms with Gasteiger partial charge in [0.15, 0.2) is 5.13 Å². The Morgan fingerprint density at radius 2 is 2.17 bits per heavy atom. The number of aromatic nitrogens is 3. The lowest BCUT2D eigenvalue weighted by Crippen LogP contribution is -2.40. The first kappa shape index (κ1) is 16.8. The molecule has 1 atom stereocenters. The zero-order chi connectivity index (χ0) is 17.1. The van der Waals surface area contributed by atoms with Gasteiger partial charge in [-0.2, -0.15) is 0 Å². The Kier molecular flexibility index (Phi) is 5.06. The second-order valence-electron chi connectivity index (χ2n) is 6.12. The minimum Gasteiger partial charge on any atom is -0.369 e. The predicted octanol–water partition coefficient (Wildman–Crippen LogP) is 2.31. The molecular formula is C16H22N6OS. The summed E-state index contributed by atoms with van der Waals surface area (Å²) in [7, 11) is 0. The summed E-state index contributed by atoms with van der Waals surface area (Å²) in [6, 6.07) is 1.94. The number of rotatable bonds is 5. The predicted molar refractivity (Wildman–Crippen MR) is 94.3 cm³/mol. The number of thiazole rings is 1. The molecule has 7 nitrogen and oxygen atoms in total. The molecule has 1 aliphatic heterocycles. The quantitative estimate of drug-likeness (QED) is 0.862. The molecule has 0 spiro atoms. The Hall–Kier alpha value is -2.06. The number of anilines is 2. The van der Waals surface area contributed by atoms with Crippen LogP contribution < -0.4 is 11.1 Å². The summed E-state index contributed by atoms with van der Waals surface area (Å²) in [6.45, 7) is 5.00. The molecule has 0 radical (unpaired) electrons. The Morgan fingerprint density at radius 1 is 1.33 bits per heavy atom. The molecule has 3 rings (SSSR count). The normalized spacial score (nSPS) is 18.5. The van der Waals surface area contributed by atoms with Crippen molar-refractivity contribution in [1.29, 1.82) is 0 Å². The molecule has 3 heterocycles. The number of aryl methyl sites for hydroxylation is 2. The van der Waals surface area contributed by atoms with E-state index in [1.165, 1.54) is 0 Å². The van der Waals surface area contributed by atoms with Crippen molar-refractivity contribution in [3.8, 4) is 0 Å². The maximum Gasteiger partial charge on any atom is 0.231 e. The van der Waals surface area contributed by atoms with Crippen molar-refractivity contribution in [2.45, 2.75) is 39.2 Å². The SMILES string of the molecule is Cc1cc(Nc2nc(C)cs2)nc(C2CCCCN2CC(N)=O)n1. The zero-order valence-corrected chi connectivity index (χ0v) is 14.8. The fraction of sp³-hybridized carbons (Fsp3) is 0.500. The molecule has 0 saturated carbocycles. The van der Waals surface area contributed by atoms with Gasteiger partial charge in [-0.1, -0.05) is 6.42 Å². The van der Waals surface area contributed by atoms with Gasteiger partial charge < -0.3 is 11.1 Å². The van der Waals surface area contributed by atoms with Crippen molar-refractivity contribution in [3.05, 3.63) is 28.7 Å². The number of hydrogen-bond acceptors (Lipinski definition) is 7. The van der Waals surface area contributed by atoms with Gasteiger partial charge >= 0.3 is 0 Å². The van der Waals surface area contributed by atoms with Crippen LogP contribution in [0.2, 0.25) is 0 Å². The highest BCUT2D eigenvalue weighted by molar-refractivity contribution is 7.13. The van der Waals surface area contributed by atoms with Crippen LogP contribution in [0.1, 0.15) is 42.5 Å². The molecule has 24 heavy (non-hydrogen) atoms. The first-order chi connectivity index (χ1) is 11.5. The molecule has 8 heteroatoms. The van der Waals surface area contributed by atoms with Crippen LogP contribution >= 0.6 is 11.3 Å². The maximum absolute atomic E-state index is 11.3. The van der Waals surface area contributed by atoms with Crippen molar-refractivity contribution in [1.82, 2.24) is 19.9 Å². The van der Waals surface area contributed by atoms with Gasteiger partial charge in [0.25, 0.3) is 0 Å².